The lowest BCUT2D eigenvalue weighted by Crippen LogP contribution is -2.28. The second-order valence-electron chi connectivity index (χ2n) is 4.17. The van der Waals surface area contributed by atoms with E-state index in [9.17, 15) is 13.2 Å². The fourth-order valence-electron chi connectivity index (χ4n) is 2.11. The molecule has 0 radical (unpaired) electrons. The molecule has 1 saturated heterocycles. The first-order chi connectivity index (χ1) is 7.57. The first kappa shape index (κ1) is 11.5. The van der Waals surface area contributed by atoms with Gasteiger partial charge in [-0.1, -0.05) is 18.2 Å². The number of hydrogen-bond donors (Lipinski definition) is 1. The molecule has 1 aliphatic rings. The predicted molar refractivity (Wildman–Crippen MR) is 56.3 cm³/mol. The molecule has 0 bridgehead atoms. The highest BCUT2D eigenvalue weighted by Gasteiger charge is 2.31. The van der Waals surface area contributed by atoms with Gasteiger partial charge in [-0.15, -0.1) is 0 Å². The summed E-state index contributed by atoms with van der Waals surface area (Å²) >= 11 is 0. The molecule has 4 heteroatoms. The number of halogens is 3. The topological polar surface area (TPSA) is 12.0 Å². The van der Waals surface area contributed by atoms with E-state index in [2.05, 4.69) is 5.32 Å². The molecular formula is C12H14F3N. The molecule has 0 spiro atoms. The van der Waals surface area contributed by atoms with E-state index < -0.39 is 11.7 Å². The molecule has 0 aromatic heterocycles. The van der Waals surface area contributed by atoms with Crippen molar-refractivity contribution in [2.24, 2.45) is 0 Å². The fourth-order valence-corrected chi connectivity index (χ4v) is 2.11. The molecule has 0 saturated carbocycles. The monoisotopic (exact) mass is 229 g/mol. The minimum atomic E-state index is -4.24. The van der Waals surface area contributed by atoms with Crippen LogP contribution in [-0.2, 0) is 6.18 Å². The lowest BCUT2D eigenvalue weighted by molar-refractivity contribution is -0.137. The highest BCUT2D eigenvalue weighted by Crippen LogP contribution is 2.32. The first-order valence-corrected chi connectivity index (χ1v) is 5.45. The van der Waals surface area contributed by atoms with Crippen molar-refractivity contribution in [2.75, 3.05) is 13.1 Å². The lowest BCUT2D eigenvalue weighted by atomic mass is 9.91. The third-order valence-electron chi connectivity index (χ3n) is 2.98. The van der Waals surface area contributed by atoms with Crippen LogP contribution >= 0.6 is 0 Å². The fraction of sp³-hybridized carbons (Fsp3) is 0.500. The number of piperidine rings is 1. The Morgan fingerprint density at radius 3 is 2.69 bits per heavy atom. The van der Waals surface area contributed by atoms with Crippen molar-refractivity contribution in [3.8, 4) is 0 Å². The number of alkyl halides is 3. The molecule has 1 atom stereocenters. The molecule has 1 heterocycles. The number of hydrogen-bond acceptors (Lipinski definition) is 1. The molecular weight excluding hydrogens is 215 g/mol. The van der Waals surface area contributed by atoms with Crippen LogP contribution in [0.25, 0.3) is 0 Å². The van der Waals surface area contributed by atoms with Crippen molar-refractivity contribution in [3.05, 3.63) is 35.4 Å². The van der Waals surface area contributed by atoms with Gasteiger partial charge in [-0.3, -0.25) is 0 Å². The van der Waals surface area contributed by atoms with Gasteiger partial charge in [-0.2, -0.15) is 13.2 Å². The van der Waals surface area contributed by atoms with Gasteiger partial charge in [0.2, 0.25) is 0 Å². The zero-order valence-corrected chi connectivity index (χ0v) is 8.85. The van der Waals surface area contributed by atoms with E-state index in [4.69, 9.17) is 0 Å². The summed E-state index contributed by atoms with van der Waals surface area (Å²) in [7, 11) is 0. The van der Waals surface area contributed by atoms with E-state index in [0.29, 0.717) is 0 Å². The van der Waals surface area contributed by atoms with Gasteiger partial charge in [-0.25, -0.2) is 0 Å². The van der Waals surface area contributed by atoms with Crippen LogP contribution in [0, 0.1) is 0 Å². The van der Waals surface area contributed by atoms with Gasteiger partial charge in [0, 0.05) is 6.54 Å². The Morgan fingerprint density at radius 2 is 2.06 bits per heavy atom. The molecule has 1 aliphatic heterocycles. The van der Waals surface area contributed by atoms with Gasteiger partial charge in [0.05, 0.1) is 5.56 Å². The van der Waals surface area contributed by atoms with Crippen LogP contribution in [0.2, 0.25) is 0 Å². The van der Waals surface area contributed by atoms with Gasteiger partial charge >= 0.3 is 6.18 Å². The molecule has 0 aliphatic carbocycles. The van der Waals surface area contributed by atoms with Crippen LogP contribution in [-0.4, -0.2) is 13.1 Å². The van der Waals surface area contributed by atoms with Gasteiger partial charge in [0.1, 0.15) is 0 Å². The highest BCUT2D eigenvalue weighted by atomic mass is 19.4. The van der Waals surface area contributed by atoms with Crippen molar-refractivity contribution in [3.63, 3.8) is 0 Å². The SMILES string of the molecule is FC(F)(F)c1cccc([C@H]2CCCNC2)c1. The largest absolute Gasteiger partial charge is 0.416 e. The Hall–Kier alpha value is -1.03. The Bertz CT molecular complexity index is 354. The van der Waals surface area contributed by atoms with Crippen molar-refractivity contribution in [1.82, 2.24) is 5.32 Å². The number of benzene rings is 1. The summed E-state index contributed by atoms with van der Waals surface area (Å²) in [4.78, 5) is 0. The van der Waals surface area contributed by atoms with E-state index in [-0.39, 0.29) is 5.92 Å². The smallest absolute Gasteiger partial charge is 0.316 e. The zero-order valence-electron chi connectivity index (χ0n) is 8.85. The van der Waals surface area contributed by atoms with Crippen LogP contribution < -0.4 is 5.32 Å². The molecule has 1 aromatic rings. The summed E-state index contributed by atoms with van der Waals surface area (Å²) in [6.07, 6.45) is -2.24. The Morgan fingerprint density at radius 1 is 1.25 bits per heavy atom. The van der Waals surface area contributed by atoms with Crippen LogP contribution in [0.4, 0.5) is 13.2 Å². The van der Waals surface area contributed by atoms with E-state index in [1.807, 2.05) is 0 Å². The van der Waals surface area contributed by atoms with Gasteiger partial charge < -0.3 is 5.32 Å². The molecule has 1 nitrogen and oxygen atoms in total. The molecule has 0 unspecified atom stereocenters. The van der Waals surface area contributed by atoms with E-state index in [1.54, 1.807) is 6.07 Å². The van der Waals surface area contributed by atoms with Crippen LogP contribution in [0.15, 0.2) is 24.3 Å². The molecule has 1 aromatic carbocycles. The zero-order chi connectivity index (χ0) is 11.6. The minimum absolute atomic E-state index is 0.219. The normalized spacial score (nSPS) is 22.1. The maximum Gasteiger partial charge on any atom is 0.416 e. The first-order valence-electron chi connectivity index (χ1n) is 5.45. The summed E-state index contributed by atoms with van der Waals surface area (Å²) in [5.74, 6) is 0.219. The summed E-state index contributed by atoms with van der Waals surface area (Å²) in [6, 6.07) is 5.68. The van der Waals surface area contributed by atoms with Gasteiger partial charge in [0.15, 0.2) is 0 Å². The highest BCUT2D eigenvalue weighted by molar-refractivity contribution is 5.28. The van der Waals surface area contributed by atoms with Crippen LogP contribution in [0.5, 0.6) is 0 Å². The van der Waals surface area contributed by atoms with Crippen molar-refractivity contribution in [2.45, 2.75) is 24.9 Å². The van der Waals surface area contributed by atoms with Gasteiger partial charge in [-0.05, 0) is 36.9 Å². The quantitative estimate of drug-likeness (QED) is 0.780. The molecule has 16 heavy (non-hydrogen) atoms. The standard InChI is InChI=1S/C12H14F3N/c13-12(14,15)11-5-1-3-9(7-11)10-4-2-6-16-8-10/h1,3,5,7,10,16H,2,4,6,8H2/t10-/m0/s1. The Labute approximate surface area is 92.7 Å². The number of nitrogens with one attached hydrogen (secondary N) is 1. The summed E-state index contributed by atoms with van der Waals surface area (Å²) in [5, 5.41) is 3.21. The van der Waals surface area contributed by atoms with Crippen molar-refractivity contribution in [1.29, 1.82) is 0 Å². The third kappa shape index (κ3) is 2.55. The molecule has 0 amide bonds. The van der Waals surface area contributed by atoms with Crippen LogP contribution in [0.3, 0.4) is 0 Å². The van der Waals surface area contributed by atoms with Gasteiger partial charge in [0.25, 0.3) is 0 Å². The molecule has 1 N–H and O–H groups in total. The predicted octanol–water partition coefficient (Wildman–Crippen LogP) is 3.17. The number of rotatable bonds is 1. The lowest BCUT2D eigenvalue weighted by Gasteiger charge is -2.23. The van der Waals surface area contributed by atoms with Crippen LogP contribution in [0.1, 0.15) is 29.9 Å². The summed E-state index contributed by atoms with van der Waals surface area (Å²) in [6.45, 7) is 1.75. The van der Waals surface area contributed by atoms with Crippen molar-refractivity contribution < 1.29 is 13.2 Å². The van der Waals surface area contributed by atoms with E-state index in [0.717, 1.165) is 37.6 Å². The molecule has 1 fully saturated rings. The summed E-state index contributed by atoms with van der Waals surface area (Å²) < 4.78 is 37.6. The Kier molecular flexibility index (Phi) is 3.19. The molecule has 88 valence electrons. The van der Waals surface area contributed by atoms with Crippen molar-refractivity contribution >= 4 is 0 Å². The summed E-state index contributed by atoms with van der Waals surface area (Å²) in [5.41, 5.74) is 0.248. The maximum absolute atomic E-state index is 12.5. The Balaban J connectivity index is 2.21. The average Bonchev–Trinajstić information content (AvgIpc) is 2.29. The molecule has 2 rings (SSSR count). The second kappa shape index (κ2) is 4.45. The van der Waals surface area contributed by atoms with E-state index in [1.165, 1.54) is 12.1 Å². The van der Waals surface area contributed by atoms with E-state index >= 15 is 0 Å². The third-order valence-corrected chi connectivity index (χ3v) is 2.98. The minimum Gasteiger partial charge on any atom is -0.316 e. The average molecular weight is 229 g/mol. The maximum atomic E-state index is 12.5. The second-order valence-corrected chi connectivity index (χ2v) is 4.17.